The van der Waals surface area contributed by atoms with Gasteiger partial charge in [-0.05, 0) is 63.7 Å². The highest BCUT2D eigenvalue weighted by molar-refractivity contribution is 7.25. The molecule has 1 aliphatic rings. The molecular formula is C46H31N3S. The fourth-order valence-corrected chi connectivity index (χ4v) is 8.54. The van der Waals surface area contributed by atoms with Crippen LogP contribution in [0.4, 0.5) is 0 Å². The lowest BCUT2D eigenvalue weighted by molar-refractivity contribution is 0.508. The fourth-order valence-electron chi connectivity index (χ4n) is 7.40. The number of thiophene rings is 1. The van der Waals surface area contributed by atoms with Gasteiger partial charge in [-0.25, -0.2) is 4.99 Å². The Hall–Kier alpha value is -6.23. The Kier molecular flexibility index (Phi) is 6.74. The molecule has 0 fully saturated rings. The van der Waals surface area contributed by atoms with Crippen molar-refractivity contribution < 1.29 is 0 Å². The van der Waals surface area contributed by atoms with Crippen molar-refractivity contribution in [2.75, 3.05) is 0 Å². The van der Waals surface area contributed by atoms with E-state index in [1.807, 2.05) is 11.3 Å². The maximum absolute atomic E-state index is 5.38. The first-order valence-electron chi connectivity index (χ1n) is 17.0. The molecule has 1 unspecified atom stereocenters. The third-order valence-corrected chi connectivity index (χ3v) is 11.0. The molecule has 9 aromatic rings. The number of nitrogens with zero attached hydrogens (tertiary/aromatic N) is 2. The van der Waals surface area contributed by atoms with Crippen molar-refractivity contribution in [3.05, 3.63) is 187 Å². The average molecular weight is 658 g/mol. The number of aliphatic imine (C=N–C) groups is 1. The molecule has 236 valence electrons. The molecule has 50 heavy (non-hydrogen) atoms. The summed E-state index contributed by atoms with van der Waals surface area (Å²) < 4.78 is 5.01. The summed E-state index contributed by atoms with van der Waals surface area (Å²) in [7, 11) is 0. The third-order valence-electron chi connectivity index (χ3n) is 9.87. The highest BCUT2D eigenvalue weighted by Crippen LogP contribution is 2.38. The molecule has 7 aromatic carbocycles. The van der Waals surface area contributed by atoms with Gasteiger partial charge in [0, 0.05) is 36.6 Å². The molecule has 2 aromatic heterocycles. The van der Waals surface area contributed by atoms with E-state index < -0.39 is 0 Å². The second-order valence-electron chi connectivity index (χ2n) is 12.8. The Balaban J connectivity index is 1.07. The van der Waals surface area contributed by atoms with E-state index in [0.29, 0.717) is 0 Å². The number of hydrogen-bond acceptors (Lipinski definition) is 3. The van der Waals surface area contributed by atoms with Crippen LogP contribution in [-0.2, 0) is 0 Å². The highest BCUT2D eigenvalue weighted by Gasteiger charge is 2.23. The number of para-hydroxylation sites is 1. The Morgan fingerprint density at radius 3 is 1.80 bits per heavy atom. The molecule has 0 radical (unpaired) electrons. The summed E-state index contributed by atoms with van der Waals surface area (Å²) in [5, 5.41) is 8.94. The van der Waals surface area contributed by atoms with Crippen LogP contribution in [0, 0.1) is 0 Å². The lowest BCUT2D eigenvalue weighted by atomic mass is 10.00. The van der Waals surface area contributed by atoms with Crippen molar-refractivity contribution in [1.29, 1.82) is 0 Å². The summed E-state index contributed by atoms with van der Waals surface area (Å²) in [5.74, 6) is 0. The van der Waals surface area contributed by atoms with E-state index in [1.165, 1.54) is 53.2 Å². The normalized spacial score (nSPS) is 14.6. The summed E-state index contributed by atoms with van der Waals surface area (Å²) in [6.45, 7) is 0. The van der Waals surface area contributed by atoms with E-state index in [0.717, 1.165) is 33.6 Å². The molecule has 0 aliphatic carbocycles. The van der Waals surface area contributed by atoms with Crippen molar-refractivity contribution >= 4 is 64.7 Å². The van der Waals surface area contributed by atoms with E-state index >= 15 is 0 Å². The smallest absolute Gasteiger partial charge is 0.201 e. The first-order valence-corrected chi connectivity index (χ1v) is 17.8. The summed E-state index contributed by atoms with van der Waals surface area (Å²) in [4.78, 5) is 5.38. The van der Waals surface area contributed by atoms with Crippen LogP contribution in [-0.4, -0.2) is 10.3 Å². The predicted molar refractivity (Wildman–Crippen MR) is 213 cm³/mol. The van der Waals surface area contributed by atoms with E-state index in [2.05, 4.69) is 186 Å². The quantitative estimate of drug-likeness (QED) is 0.196. The standard InChI is InChI=1S/C46H31N3S/c1-3-11-30(12-4-1)34-23-25-37-36-15-7-9-17-42(36)49(43(37)27-34)46-47-40(32-13-5-2-6-14-32)29-41(48-46)33-21-19-31(20-22-33)35-24-26-39-38-16-8-10-18-44(38)50-45(39)28-35/h1-29,46,48H. The predicted octanol–water partition coefficient (Wildman–Crippen LogP) is 12.1. The zero-order valence-corrected chi connectivity index (χ0v) is 27.9. The zero-order valence-electron chi connectivity index (χ0n) is 27.1. The van der Waals surface area contributed by atoms with Gasteiger partial charge < -0.3 is 9.88 Å². The molecule has 1 aliphatic heterocycles. The molecule has 0 amide bonds. The number of nitrogens with one attached hydrogen (secondary N) is 1. The average Bonchev–Trinajstić information content (AvgIpc) is 3.73. The maximum Gasteiger partial charge on any atom is 0.201 e. The van der Waals surface area contributed by atoms with E-state index in [1.54, 1.807) is 0 Å². The molecule has 1 atom stereocenters. The summed E-state index contributed by atoms with van der Waals surface area (Å²) in [5.41, 5.74) is 11.3. The summed E-state index contributed by atoms with van der Waals surface area (Å²) >= 11 is 1.86. The lowest BCUT2D eigenvalue weighted by Crippen LogP contribution is -2.29. The van der Waals surface area contributed by atoms with E-state index in [9.17, 15) is 0 Å². The van der Waals surface area contributed by atoms with E-state index in [-0.39, 0.29) is 6.29 Å². The van der Waals surface area contributed by atoms with Gasteiger partial charge in [0.1, 0.15) is 0 Å². The Morgan fingerprint density at radius 2 is 1.00 bits per heavy atom. The van der Waals surface area contributed by atoms with Gasteiger partial charge in [0.25, 0.3) is 0 Å². The number of aromatic nitrogens is 1. The minimum Gasteiger partial charge on any atom is -0.346 e. The van der Waals surface area contributed by atoms with Gasteiger partial charge in [-0.1, -0.05) is 146 Å². The van der Waals surface area contributed by atoms with Crippen molar-refractivity contribution in [1.82, 2.24) is 9.88 Å². The van der Waals surface area contributed by atoms with Crippen molar-refractivity contribution in [2.24, 2.45) is 4.99 Å². The highest BCUT2D eigenvalue weighted by atomic mass is 32.1. The van der Waals surface area contributed by atoms with Crippen molar-refractivity contribution in [3.8, 4) is 22.3 Å². The second kappa shape index (κ2) is 11.7. The van der Waals surface area contributed by atoms with Crippen LogP contribution in [0.5, 0.6) is 0 Å². The molecular weight excluding hydrogens is 627 g/mol. The molecule has 0 saturated heterocycles. The molecule has 1 N–H and O–H groups in total. The fraction of sp³-hybridized carbons (Fsp3) is 0.0217. The first-order chi connectivity index (χ1) is 24.8. The van der Waals surface area contributed by atoms with Crippen LogP contribution in [0.2, 0.25) is 0 Å². The third kappa shape index (κ3) is 4.84. The van der Waals surface area contributed by atoms with Gasteiger partial charge in [0.05, 0.1) is 16.7 Å². The Morgan fingerprint density at radius 1 is 0.440 bits per heavy atom. The molecule has 0 saturated carbocycles. The van der Waals surface area contributed by atoms with Gasteiger partial charge in [-0.3, -0.25) is 0 Å². The van der Waals surface area contributed by atoms with Gasteiger partial charge in [0.15, 0.2) is 0 Å². The SMILES string of the molecule is C1=C(c2ccc(-c3ccc4c(c3)sc3ccccc34)cc2)NC(n2c3ccccc3c3ccc(-c4ccccc4)cc32)N=C1c1ccccc1. The topological polar surface area (TPSA) is 29.3 Å². The minimum absolute atomic E-state index is 0.353. The largest absolute Gasteiger partial charge is 0.346 e. The van der Waals surface area contributed by atoms with Crippen molar-refractivity contribution in [3.63, 3.8) is 0 Å². The van der Waals surface area contributed by atoms with Crippen molar-refractivity contribution in [2.45, 2.75) is 6.29 Å². The van der Waals surface area contributed by atoms with Crippen LogP contribution >= 0.6 is 11.3 Å². The number of rotatable bonds is 5. The Bertz CT molecular complexity index is 2770. The van der Waals surface area contributed by atoms with Gasteiger partial charge >= 0.3 is 0 Å². The number of hydrogen-bond donors (Lipinski definition) is 1. The van der Waals surface area contributed by atoms with Crippen LogP contribution < -0.4 is 5.32 Å². The van der Waals surface area contributed by atoms with E-state index in [4.69, 9.17) is 4.99 Å². The van der Waals surface area contributed by atoms with Crippen LogP contribution in [0.3, 0.4) is 0 Å². The molecule has 4 heteroatoms. The second-order valence-corrected chi connectivity index (χ2v) is 13.9. The van der Waals surface area contributed by atoms with Gasteiger partial charge in [-0.15, -0.1) is 11.3 Å². The van der Waals surface area contributed by atoms with Gasteiger partial charge in [0.2, 0.25) is 6.29 Å². The van der Waals surface area contributed by atoms with Crippen LogP contribution in [0.25, 0.3) is 69.9 Å². The Labute approximate surface area is 294 Å². The van der Waals surface area contributed by atoms with Gasteiger partial charge in [-0.2, -0.15) is 0 Å². The molecule has 3 nitrogen and oxygen atoms in total. The molecule has 10 rings (SSSR count). The minimum atomic E-state index is -0.353. The monoisotopic (exact) mass is 657 g/mol. The number of allylic oxidation sites excluding steroid dienone is 1. The summed E-state index contributed by atoms with van der Waals surface area (Å²) in [6.07, 6.45) is 1.83. The summed E-state index contributed by atoms with van der Waals surface area (Å²) in [6, 6.07) is 61.0. The molecule has 0 spiro atoms. The number of fused-ring (bicyclic) bond motifs is 6. The number of benzene rings is 7. The molecule has 0 bridgehead atoms. The van der Waals surface area contributed by atoms with Crippen LogP contribution in [0.15, 0.2) is 181 Å². The molecule has 3 heterocycles. The maximum atomic E-state index is 5.38. The van der Waals surface area contributed by atoms with Crippen LogP contribution in [0.1, 0.15) is 17.4 Å². The zero-order chi connectivity index (χ0) is 33.0. The first kappa shape index (κ1) is 28.8. The lowest BCUT2D eigenvalue weighted by Gasteiger charge is -2.27.